The summed E-state index contributed by atoms with van der Waals surface area (Å²) in [6, 6.07) is 8.31. The average molecular weight is 381 g/mol. The van der Waals surface area contributed by atoms with E-state index in [2.05, 4.69) is 24.9 Å². The number of hydrogen-bond acceptors (Lipinski definition) is 4. The van der Waals surface area contributed by atoms with Crippen LogP contribution in [0.4, 0.5) is 0 Å². The van der Waals surface area contributed by atoms with Gasteiger partial charge in [-0.25, -0.2) is 4.98 Å². The minimum atomic E-state index is -0.331. The molecule has 28 heavy (non-hydrogen) atoms. The number of aryl methyl sites for hydroxylation is 1. The molecule has 0 radical (unpaired) electrons. The highest BCUT2D eigenvalue weighted by molar-refractivity contribution is 5.77. The highest BCUT2D eigenvalue weighted by Crippen LogP contribution is 2.52. The molecule has 0 bridgehead atoms. The quantitative estimate of drug-likeness (QED) is 0.802. The van der Waals surface area contributed by atoms with Gasteiger partial charge in [-0.3, -0.25) is 4.79 Å². The van der Waals surface area contributed by atoms with Crippen molar-refractivity contribution in [2.75, 3.05) is 6.54 Å². The lowest BCUT2D eigenvalue weighted by atomic mass is 9.74. The summed E-state index contributed by atoms with van der Waals surface area (Å²) >= 11 is 0. The van der Waals surface area contributed by atoms with Gasteiger partial charge in [0.05, 0.1) is 18.2 Å². The minimum absolute atomic E-state index is 0.0344. The first-order valence-electron chi connectivity index (χ1n) is 10.1. The Balaban J connectivity index is 1.39. The molecule has 0 unspecified atom stereocenters. The van der Waals surface area contributed by atoms with Crippen molar-refractivity contribution in [2.45, 2.75) is 64.0 Å². The predicted molar refractivity (Wildman–Crippen MR) is 104 cm³/mol. The van der Waals surface area contributed by atoms with Crippen LogP contribution >= 0.6 is 0 Å². The summed E-state index contributed by atoms with van der Waals surface area (Å²) in [6.07, 6.45) is 5.53. The molecule has 1 aromatic heterocycles. The van der Waals surface area contributed by atoms with E-state index < -0.39 is 0 Å². The lowest BCUT2D eigenvalue weighted by Crippen LogP contribution is -2.54. The molecular weight excluding hydrogens is 354 g/mol. The van der Waals surface area contributed by atoms with Crippen LogP contribution in [0.5, 0.6) is 5.75 Å². The second-order valence-corrected chi connectivity index (χ2v) is 8.73. The molecule has 148 valence electrons. The van der Waals surface area contributed by atoms with Gasteiger partial charge in [-0.1, -0.05) is 18.2 Å². The summed E-state index contributed by atoms with van der Waals surface area (Å²) in [5.41, 5.74) is 0.812. The Kier molecular flexibility index (Phi) is 4.02. The van der Waals surface area contributed by atoms with Crippen LogP contribution in [0.15, 0.2) is 36.7 Å². The number of benzene rings is 1. The summed E-state index contributed by atoms with van der Waals surface area (Å²) in [4.78, 5) is 19.3. The molecular formula is C22H27N3O3. The summed E-state index contributed by atoms with van der Waals surface area (Å²) in [5, 5.41) is 0. The maximum absolute atomic E-state index is 13.0. The number of likely N-dealkylation sites (tertiary alicyclic amines) is 1. The van der Waals surface area contributed by atoms with E-state index in [1.54, 1.807) is 6.20 Å². The van der Waals surface area contributed by atoms with Crippen LogP contribution in [0.1, 0.15) is 44.2 Å². The topological polar surface area (TPSA) is 56.6 Å². The van der Waals surface area contributed by atoms with Gasteiger partial charge in [0.1, 0.15) is 23.7 Å². The van der Waals surface area contributed by atoms with Gasteiger partial charge in [0, 0.05) is 30.4 Å². The van der Waals surface area contributed by atoms with E-state index in [0.717, 1.165) is 36.5 Å². The van der Waals surface area contributed by atoms with Gasteiger partial charge in [0.2, 0.25) is 5.91 Å². The first-order chi connectivity index (χ1) is 13.4. The summed E-state index contributed by atoms with van der Waals surface area (Å²) in [5.74, 6) is 2.15. The number of hydrogen-bond donors (Lipinski definition) is 0. The Labute approximate surface area is 165 Å². The zero-order valence-corrected chi connectivity index (χ0v) is 16.7. The molecule has 0 saturated carbocycles. The molecule has 3 aliphatic heterocycles. The van der Waals surface area contributed by atoms with E-state index in [9.17, 15) is 4.79 Å². The Bertz CT molecular complexity index is 906. The van der Waals surface area contributed by atoms with Crippen molar-refractivity contribution in [3.8, 4) is 5.75 Å². The van der Waals surface area contributed by atoms with E-state index in [1.165, 1.54) is 0 Å². The van der Waals surface area contributed by atoms with E-state index >= 15 is 0 Å². The van der Waals surface area contributed by atoms with E-state index in [-0.39, 0.29) is 35.7 Å². The van der Waals surface area contributed by atoms with Gasteiger partial charge < -0.3 is 18.9 Å². The van der Waals surface area contributed by atoms with Gasteiger partial charge in [0.15, 0.2) is 0 Å². The molecule has 2 aromatic rings. The minimum Gasteiger partial charge on any atom is -0.487 e. The monoisotopic (exact) mass is 381 g/mol. The lowest BCUT2D eigenvalue weighted by molar-refractivity contribution is -0.167. The van der Waals surface area contributed by atoms with Gasteiger partial charge in [0.25, 0.3) is 0 Å². The molecule has 6 nitrogen and oxygen atoms in total. The first-order valence-corrected chi connectivity index (χ1v) is 10.1. The van der Waals surface area contributed by atoms with Crippen LogP contribution < -0.4 is 4.74 Å². The summed E-state index contributed by atoms with van der Waals surface area (Å²) < 4.78 is 14.9. The molecule has 6 heteroatoms. The van der Waals surface area contributed by atoms with Gasteiger partial charge in [-0.15, -0.1) is 0 Å². The average Bonchev–Trinajstić information content (AvgIpc) is 3.26. The molecule has 2 saturated heterocycles. The first kappa shape index (κ1) is 17.7. The van der Waals surface area contributed by atoms with Gasteiger partial charge in [-0.2, -0.15) is 0 Å². The molecule has 4 heterocycles. The number of rotatable bonds is 2. The molecule has 0 spiro atoms. The smallest absolute Gasteiger partial charge is 0.242 e. The number of imidazole rings is 1. The largest absolute Gasteiger partial charge is 0.487 e. The normalized spacial score (nSPS) is 30.2. The van der Waals surface area contributed by atoms with E-state index in [4.69, 9.17) is 9.47 Å². The number of aromatic nitrogens is 2. The van der Waals surface area contributed by atoms with Crippen LogP contribution in [-0.2, 0) is 16.1 Å². The van der Waals surface area contributed by atoms with Crippen LogP contribution in [0.3, 0.4) is 0 Å². The number of nitrogens with zero attached hydrogens (tertiary/aromatic N) is 3. The van der Waals surface area contributed by atoms with Crippen LogP contribution in [-0.4, -0.2) is 44.6 Å². The SMILES string of the molecule is Cc1nccn1CC(=O)N1CC[C@H]2O[C@H]3c4ccccc4OC(C)(C)[C@@H]3C[C@H]21. The zero-order chi connectivity index (χ0) is 19.5. The fraction of sp³-hybridized carbons (Fsp3) is 0.545. The number of carbonyl (C=O) groups is 1. The van der Waals surface area contributed by atoms with Crippen LogP contribution in [0.25, 0.3) is 0 Å². The number of ether oxygens (including phenoxy) is 2. The molecule has 0 aliphatic carbocycles. The number of carbonyl (C=O) groups excluding carboxylic acids is 1. The molecule has 3 aliphatic rings. The molecule has 5 rings (SSSR count). The van der Waals surface area contributed by atoms with Crippen LogP contribution in [0, 0.1) is 12.8 Å². The second kappa shape index (κ2) is 6.34. The number of fused-ring (bicyclic) bond motifs is 4. The third-order valence-corrected chi connectivity index (χ3v) is 6.71. The molecule has 1 aromatic carbocycles. The number of amides is 1. The van der Waals surface area contributed by atoms with Gasteiger partial charge >= 0.3 is 0 Å². The van der Waals surface area contributed by atoms with Crippen LogP contribution in [0.2, 0.25) is 0 Å². The van der Waals surface area contributed by atoms with Crippen molar-refractivity contribution in [1.82, 2.24) is 14.5 Å². The number of para-hydroxylation sites is 1. The maximum Gasteiger partial charge on any atom is 0.242 e. The van der Waals surface area contributed by atoms with Gasteiger partial charge in [-0.05, 0) is 39.7 Å². The van der Waals surface area contributed by atoms with Crippen molar-refractivity contribution >= 4 is 5.91 Å². The van der Waals surface area contributed by atoms with Crippen molar-refractivity contribution in [1.29, 1.82) is 0 Å². The second-order valence-electron chi connectivity index (χ2n) is 8.73. The summed E-state index contributed by atoms with van der Waals surface area (Å²) in [7, 11) is 0. The third kappa shape index (κ3) is 2.73. The summed E-state index contributed by atoms with van der Waals surface area (Å²) in [6.45, 7) is 7.30. The maximum atomic E-state index is 13.0. The van der Waals surface area contributed by atoms with E-state index in [1.807, 2.05) is 40.8 Å². The van der Waals surface area contributed by atoms with Crippen molar-refractivity contribution in [2.24, 2.45) is 5.92 Å². The fourth-order valence-electron chi connectivity index (χ4n) is 5.15. The van der Waals surface area contributed by atoms with Crippen molar-refractivity contribution in [3.05, 3.63) is 48.0 Å². The Hall–Kier alpha value is -2.34. The third-order valence-electron chi connectivity index (χ3n) is 6.71. The highest BCUT2D eigenvalue weighted by Gasteiger charge is 2.53. The predicted octanol–water partition coefficient (Wildman–Crippen LogP) is 3.11. The molecule has 2 fully saturated rings. The Morgan fingerprint density at radius 2 is 2.14 bits per heavy atom. The molecule has 1 amide bonds. The Morgan fingerprint density at radius 1 is 1.32 bits per heavy atom. The van der Waals surface area contributed by atoms with E-state index in [0.29, 0.717) is 6.54 Å². The Morgan fingerprint density at radius 3 is 2.93 bits per heavy atom. The molecule has 4 atom stereocenters. The van der Waals surface area contributed by atoms with Crippen molar-refractivity contribution in [3.63, 3.8) is 0 Å². The highest BCUT2D eigenvalue weighted by atomic mass is 16.5. The standard InChI is InChI=1S/C22H27N3O3/c1-14-23-9-11-24(14)13-20(26)25-10-8-19-17(25)12-16-21(27-19)15-6-4-5-7-18(15)28-22(16,2)3/h4-7,9,11,16-17,19,21H,8,10,12-13H2,1-3H3/t16-,17-,19-,21+/m1/s1. The zero-order valence-electron chi connectivity index (χ0n) is 16.7. The fourth-order valence-corrected chi connectivity index (χ4v) is 5.15. The molecule has 0 N–H and O–H groups in total. The van der Waals surface area contributed by atoms with Crippen molar-refractivity contribution < 1.29 is 14.3 Å². The lowest BCUT2D eigenvalue weighted by Gasteiger charge is -2.50.